The fourth-order valence-corrected chi connectivity index (χ4v) is 8.12. The molecule has 0 spiro atoms. The van der Waals surface area contributed by atoms with Gasteiger partial charge in [0.2, 0.25) is 59.1 Å². The summed E-state index contributed by atoms with van der Waals surface area (Å²) < 4.78 is 0. The molecule has 0 aliphatic rings. The number of aliphatic hydroxyl groups is 1. The van der Waals surface area contributed by atoms with E-state index in [0.717, 1.165) is 6.92 Å². The van der Waals surface area contributed by atoms with Crippen LogP contribution >= 0.6 is 0 Å². The average Bonchev–Trinajstić information content (AvgIpc) is 2.91. The van der Waals surface area contributed by atoms with Crippen molar-refractivity contribution in [3.63, 3.8) is 0 Å². The number of guanidine groups is 4. The molecule has 0 aromatic rings. The standard InChI is InChI=1S/C50H96N24O13/c1-26(66-40(81)35(67-28(3)76)18-19-36(77)78)39(80)68-31(14-8-22-62-47(54)55)43(84)71-33(16-10-24-64-49(58)59)45(86)72-32(15-9-23-63-48(56)57)44(85)70-29(12-4-6-20-51)41(82)69-30(13-5-7-21-52)42(83)73-34(17-11-25-65-50(60)61)46(87)74-37(27(2)75)38(53)79/h26-27,29-35,37,75H,4-25,51-52H2,1-3H3,(H2,53,79)(H,66,81)(H,67,76)(H,68,80)(H,69,82)(H,70,85)(H,71,84)(H,72,86)(H,73,83)(H,74,87)(H,77,78)(H4,54,55,62)(H4,56,57,63)(H4,58,59,64)(H4,60,61,65)/t26-,27+,29-,30-,31-,32-,33-,34-,35-,37-/m0/s1. The predicted octanol–water partition coefficient (Wildman–Crippen LogP) is -9.41. The largest absolute Gasteiger partial charge is 0.481 e. The number of nitrogens with zero attached hydrogens (tertiary/aromatic N) is 4. The number of aliphatic hydroxyl groups excluding tert-OH is 1. The Morgan fingerprint density at radius 3 is 0.885 bits per heavy atom. The molecule has 10 atom stereocenters. The van der Waals surface area contributed by atoms with Crippen molar-refractivity contribution >= 4 is 88.9 Å². The quantitative estimate of drug-likeness (QED) is 0.0153. The summed E-state index contributed by atoms with van der Waals surface area (Å²) in [6.07, 6.45) is -1.23. The number of carboxylic acid groups (broad SMARTS) is 1. The number of carboxylic acids is 1. The minimum Gasteiger partial charge on any atom is -0.481 e. The number of carbonyl (C=O) groups is 11. The van der Waals surface area contributed by atoms with Gasteiger partial charge in [0, 0.05) is 39.5 Å². The number of unbranched alkanes of at least 4 members (excludes halogenated alkanes) is 2. The van der Waals surface area contributed by atoms with Gasteiger partial charge in [-0.1, -0.05) is 0 Å². The van der Waals surface area contributed by atoms with Crippen LogP contribution in [0.4, 0.5) is 0 Å². The SMILES string of the molecule is CC(=O)N[C@@H](CCC(=O)O)C(=O)N[C@@H](C)C(=O)N[C@@H](CCCN=C(N)N)C(=O)N[C@@H](CCCN=C(N)N)C(=O)N[C@@H](CCCN=C(N)N)C(=O)N[C@@H](CCCCN)C(=O)N[C@@H](CCCCN)C(=O)N[C@@H](CCCN=C(N)N)C(=O)N[C@H](C(N)=O)[C@@H](C)O. The normalized spacial score (nSPS) is 14.2. The molecule has 0 aliphatic carbocycles. The maximum Gasteiger partial charge on any atom is 0.303 e. The third-order valence-corrected chi connectivity index (χ3v) is 12.7. The minimum absolute atomic E-state index is 0.0176. The highest BCUT2D eigenvalue weighted by molar-refractivity contribution is 5.98. The molecule has 0 saturated carbocycles. The Bertz CT molecular complexity index is 2360. The average molecular weight is 1240 g/mol. The fraction of sp³-hybridized carbons (Fsp3) is 0.700. The molecule has 37 heteroatoms. The Morgan fingerprint density at radius 2 is 0.632 bits per heavy atom. The Balaban J connectivity index is 7.30. The molecule has 0 rings (SSSR count). The highest BCUT2D eigenvalue weighted by atomic mass is 16.4. The lowest BCUT2D eigenvalue weighted by molar-refractivity contribution is -0.138. The number of amides is 10. The molecular weight excluding hydrogens is 1140 g/mol. The molecule has 10 amide bonds. The van der Waals surface area contributed by atoms with Crippen LogP contribution in [0.25, 0.3) is 0 Å². The van der Waals surface area contributed by atoms with E-state index in [9.17, 15) is 63.0 Å². The Kier molecular flexibility index (Phi) is 39.3. The lowest BCUT2D eigenvalue weighted by atomic mass is 10.0. The summed E-state index contributed by atoms with van der Waals surface area (Å²) in [5, 5.41) is 42.1. The number of rotatable bonds is 46. The van der Waals surface area contributed by atoms with Crippen molar-refractivity contribution < 1.29 is 63.0 Å². The number of nitrogens with one attached hydrogen (secondary N) is 9. The highest BCUT2D eigenvalue weighted by Gasteiger charge is 2.35. The summed E-state index contributed by atoms with van der Waals surface area (Å²) in [6, 6.07) is -12.9. The van der Waals surface area contributed by atoms with Crippen molar-refractivity contribution in [1.29, 1.82) is 0 Å². The van der Waals surface area contributed by atoms with Gasteiger partial charge in [-0.3, -0.25) is 72.7 Å². The summed E-state index contributed by atoms with van der Waals surface area (Å²) in [6.45, 7) is 3.93. The first-order chi connectivity index (χ1) is 40.9. The summed E-state index contributed by atoms with van der Waals surface area (Å²) in [4.78, 5) is 163. The minimum atomic E-state index is -1.55. The number of nitrogens with two attached hydrogens (primary N) is 11. The molecular formula is C50H96N24O13. The van der Waals surface area contributed by atoms with E-state index in [4.69, 9.17) is 63.1 Å². The third kappa shape index (κ3) is 35.9. The van der Waals surface area contributed by atoms with Crippen molar-refractivity contribution in [3.8, 4) is 0 Å². The number of primary amides is 1. The lowest BCUT2D eigenvalue weighted by Gasteiger charge is -2.28. The number of hydrogen-bond acceptors (Lipinski definition) is 18. The smallest absolute Gasteiger partial charge is 0.303 e. The molecule has 0 heterocycles. The molecule has 0 aliphatic heterocycles. The number of hydrogen-bond donors (Lipinski definition) is 22. The number of aliphatic imine (C=N–C) groups is 4. The van der Waals surface area contributed by atoms with Gasteiger partial charge in [0.1, 0.15) is 54.4 Å². The van der Waals surface area contributed by atoms with E-state index < -0.39 is 132 Å². The van der Waals surface area contributed by atoms with E-state index in [1.807, 2.05) is 0 Å². The van der Waals surface area contributed by atoms with E-state index in [1.54, 1.807) is 0 Å². The summed E-state index contributed by atoms with van der Waals surface area (Å²) in [5.41, 5.74) is 61.0. The molecule has 33 N–H and O–H groups in total. The van der Waals surface area contributed by atoms with E-state index in [1.165, 1.54) is 13.8 Å². The van der Waals surface area contributed by atoms with E-state index in [-0.39, 0.29) is 140 Å². The van der Waals surface area contributed by atoms with Crippen LogP contribution in [0.5, 0.6) is 0 Å². The van der Waals surface area contributed by atoms with Crippen LogP contribution in [-0.4, -0.2) is 199 Å². The van der Waals surface area contributed by atoms with E-state index in [0.29, 0.717) is 19.3 Å². The van der Waals surface area contributed by atoms with E-state index >= 15 is 0 Å². The van der Waals surface area contributed by atoms with E-state index in [2.05, 4.69) is 67.8 Å². The second-order valence-electron chi connectivity index (χ2n) is 20.3. The topological polar surface area (TPSA) is 672 Å². The summed E-state index contributed by atoms with van der Waals surface area (Å²) in [5.74, 6) is -11.3. The first-order valence-corrected chi connectivity index (χ1v) is 28.4. The second kappa shape index (κ2) is 43.7. The van der Waals surface area contributed by atoms with Crippen molar-refractivity contribution in [2.75, 3.05) is 39.3 Å². The van der Waals surface area contributed by atoms with Crippen LogP contribution in [0.3, 0.4) is 0 Å². The molecule has 494 valence electrons. The zero-order valence-electron chi connectivity index (χ0n) is 49.9. The highest BCUT2D eigenvalue weighted by Crippen LogP contribution is 2.12. The van der Waals surface area contributed by atoms with Gasteiger partial charge in [-0.05, 0) is 123 Å². The summed E-state index contributed by atoms with van der Waals surface area (Å²) in [7, 11) is 0. The second-order valence-corrected chi connectivity index (χ2v) is 20.3. The van der Waals surface area contributed by atoms with Gasteiger partial charge in [0.25, 0.3) is 0 Å². The van der Waals surface area contributed by atoms with Crippen LogP contribution in [0.1, 0.15) is 124 Å². The molecule has 0 aromatic carbocycles. The molecule has 0 aromatic heterocycles. The van der Waals surface area contributed by atoms with Crippen LogP contribution in [0.2, 0.25) is 0 Å². The monoisotopic (exact) mass is 1240 g/mol. The van der Waals surface area contributed by atoms with Crippen molar-refractivity contribution in [2.24, 2.45) is 83.0 Å². The Morgan fingerprint density at radius 1 is 0.368 bits per heavy atom. The lowest BCUT2D eigenvalue weighted by Crippen LogP contribution is -2.60. The molecule has 0 bridgehead atoms. The maximum absolute atomic E-state index is 14.5. The predicted molar refractivity (Wildman–Crippen MR) is 322 cm³/mol. The van der Waals surface area contributed by atoms with Gasteiger partial charge in [0.05, 0.1) is 6.10 Å². The summed E-state index contributed by atoms with van der Waals surface area (Å²) >= 11 is 0. The first-order valence-electron chi connectivity index (χ1n) is 28.4. The third-order valence-electron chi connectivity index (χ3n) is 12.7. The molecule has 87 heavy (non-hydrogen) atoms. The van der Waals surface area contributed by atoms with Crippen molar-refractivity contribution in [2.45, 2.75) is 184 Å². The number of carbonyl (C=O) groups excluding carboxylic acids is 10. The van der Waals surface area contributed by atoms with Gasteiger partial charge in [-0.25, -0.2) is 0 Å². The molecule has 37 nitrogen and oxygen atoms in total. The molecule has 0 radical (unpaired) electrons. The van der Waals surface area contributed by atoms with Crippen LogP contribution in [-0.2, 0) is 52.7 Å². The fourth-order valence-electron chi connectivity index (χ4n) is 8.12. The van der Waals surface area contributed by atoms with Gasteiger partial charge in [0.15, 0.2) is 23.8 Å². The number of aliphatic carboxylic acids is 1. The maximum atomic E-state index is 14.5. The van der Waals surface area contributed by atoms with Crippen LogP contribution in [0.15, 0.2) is 20.0 Å². The van der Waals surface area contributed by atoms with Crippen molar-refractivity contribution in [3.05, 3.63) is 0 Å². The van der Waals surface area contributed by atoms with Gasteiger partial charge < -0.3 is 121 Å². The molecule has 0 fully saturated rings. The van der Waals surface area contributed by atoms with Gasteiger partial charge in [-0.15, -0.1) is 0 Å². The molecule has 0 unspecified atom stereocenters. The van der Waals surface area contributed by atoms with Crippen molar-refractivity contribution in [1.82, 2.24) is 47.9 Å². The van der Waals surface area contributed by atoms with Crippen LogP contribution in [0, 0.1) is 0 Å². The van der Waals surface area contributed by atoms with Crippen LogP contribution < -0.4 is 111 Å². The zero-order chi connectivity index (χ0) is 66.2. The zero-order valence-corrected chi connectivity index (χ0v) is 49.9. The van der Waals surface area contributed by atoms with Gasteiger partial charge in [-0.2, -0.15) is 0 Å². The molecule has 0 saturated heterocycles. The Hall–Kier alpha value is -8.87. The Labute approximate surface area is 504 Å². The van der Waals surface area contributed by atoms with Gasteiger partial charge >= 0.3 is 5.97 Å². The first kappa shape index (κ1) is 78.1.